The third-order valence-electron chi connectivity index (χ3n) is 5.11. The van der Waals surface area contributed by atoms with Gasteiger partial charge in [-0.2, -0.15) is 4.31 Å². The minimum absolute atomic E-state index is 0.0626. The molecule has 1 aliphatic heterocycles. The molecule has 12 heteroatoms. The maximum absolute atomic E-state index is 12.9. The zero-order chi connectivity index (χ0) is 24.2. The molecule has 1 fully saturated rings. The second-order valence-electron chi connectivity index (χ2n) is 7.36. The van der Waals surface area contributed by atoms with Gasteiger partial charge < -0.3 is 14.8 Å². The smallest absolute Gasteiger partial charge is 0.338 e. The Morgan fingerprint density at radius 2 is 1.85 bits per heavy atom. The number of hydrogen-bond donors (Lipinski definition) is 1. The number of rotatable bonds is 8. The number of hydrogen-bond acceptors (Lipinski definition) is 8. The van der Waals surface area contributed by atoms with E-state index in [-0.39, 0.29) is 27.6 Å². The number of nitro benzene ring substituents is 1. The largest absolute Gasteiger partial charge is 0.495 e. The van der Waals surface area contributed by atoms with Gasteiger partial charge in [-0.3, -0.25) is 14.9 Å². The van der Waals surface area contributed by atoms with Crippen LogP contribution in [0.15, 0.2) is 41.3 Å². The first kappa shape index (κ1) is 24.1. The van der Waals surface area contributed by atoms with E-state index >= 15 is 0 Å². The summed E-state index contributed by atoms with van der Waals surface area (Å²) >= 11 is 0. The monoisotopic (exact) mass is 477 g/mol. The molecule has 2 aromatic carbocycles. The van der Waals surface area contributed by atoms with Crippen LogP contribution in [-0.2, 0) is 19.6 Å². The van der Waals surface area contributed by atoms with Gasteiger partial charge in [0.1, 0.15) is 10.6 Å². The number of benzene rings is 2. The number of carbonyl (C=O) groups is 2. The quantitative estimate of drug-likeness (QED) is 0.347. The van der Waals surface area contributed by atoms with E-state index in [1.165, 1.54) is 41.7 Å². The molecular weight excluding hydrogens is 454 g/mol. The minimum Gasteiger partial charge on any atom is -0.495 e. The third-order valence-corrected chi connectivity index (χ3v) is 7.03. The van der Waals surface area contributed by atoms with Gasteiger partial charge in [0.25, 0.3) is 11.6 Å². The lowest BCUT2D eigenvalue weighted by Gasteiger charge is -2.18. The lowest BCUT2D eigenvalue weighted by atomic mass is 10.2. The van der Waals surface area contributed by atoms with Gasteiger partial charge in [-0.05, 0) is 44.0 Å². The Hall–Kier alpha value is -3.51. The van der Waals surface area contributed by atoms with Crippen LogP contribution in [0.5, 0.6) is 5.75 Å². The van der Waals surface area contributed by atoms with E-state index in [4.69, 9.17) is 9.47 Å². The maximum atomic E-state index is 12.9. The van der Waals surface area contributed by atoms with Gasteiger partial charge in [0, 0.05) is 30.4 Å². The Balaban J connectivity index is 1.70. The lowest BCUT2D eigenvalue weighted by Crippen LogP contribution is -2.28. The standard InChI is InChI=1S/C21H23N3O8S/c1-14-5-7-16(12-17(14)24(27)28)22-20(25)13-32-21(26)15-6-8-18(31-2)19(11-15)33(29,30)23-9-3-4-10-23/h5-8,11-12H,3-4,9-10,13H2,1-2H3,(H,22,25). The first-order valence-electron chi connectivity index (χ1n) is 10.0. The van der Waals surface area contributed by atoms with E-state index in [0.717, 1.165) is 18.9 Å². The van der Waals surface area contributed by atoms with Gasteiger partial charge in [-0.25, -0.2) is 13.2 Å². The van der Waals surface area contributed by atoms with E-state index in [1.54, 1.807) is 6.92 Å². The van der Waals surface area contributed by atoms with Gasteiger partial charge in [0.05, 0.1) is 17.6 Å². The van der Waals surface area contributed by atoms with Crippen molar-refractivity contribution in [3.05, 3.63) is 57.6 Å². The van der Waals surface area contributed by atoms with Crippen LogP contribution in [0.2, 0.25) is 0 Å². The van der Waals surface area contributed by atoms with Gasteiger partial charge >= 0.3 is 5.97 Å². The number of nitrogens with zero attached hydrogens (tertiary/aromatic N) is 2. The van der Waals surface area contributed by atoms with E-state index in [9.17, 15) is 28.1 Å². The first-order chi connectivity index (χ1) is 15.6. The van der Waals surface area contributed by atoms with Gasteiger partial charge in [-0.1, -0.05) is 6.07 Å². The molecule has 3 rings (SSSR count). The van der Waals surface area contributed by atoms with Gasteiger partial charge in [0.2, 0.25) is 10.0 Å². The van der Waals surface area contributed by atoms with Crippen LogP contribution in [0, 0.1) is 17.0 Å². The summed E-state index contributed by atoms with van der Waals surface area (Å²) < 4.78 is 37.4. The molecule has 0 unspecified atom stereocenters. The van der Waals surface area contributed by atoms with Crippen LogP contribution >= 0.6 is 0 Å². The number of carbonyl (C=O) groups excluding carboxylic acids is 2. The van der Waals surface area contributed by atoms with Crippen LogP contribution in [0.3, 0.4) is 0 Å². The summed E-state index contributed by atoms with van der Waals surface area (Å²) in [4.78, 5) is 34.9. The molecular formula is C21H23N3O8S. The Bertz CT molecular complexity index is 1190. The molecule has 176 valence electrons. The molecule has 2 aromatic rings. The second-order valence-corrected chi connectivity index (χ2v) is 9.27. The molecule has 0 atom stereocenters. The lowest BCUT2D eigenvalue weighted by molar-refractivity contribution is -0.385. The summed E-state index contributed by atoms with van der Waals surface area (Å²) in [7, 11) is -2.53. The van der Waals surface area contributed by atoms with Crippen molar-refractivity contribution < 1.29 is 32.4 Å². The average Bonchev–Trinajstić information content (AvgIpc) is 3.34. The number of ether oxygens (including phenoxy) is 2. The zero-order valence-electron chi connectivity index (χ0n) is 18.1. The Morgan fingerprint density at radius 3 is 2.48 bits per heavy atom. The minimum atomic E-state index is -3.86. The number of nitrogens with one attached hydrogen (secondary N) is 1. The highest BCUT2D eigenvalue weighted by Crippen LogP contribution is 2.30. The summed E-state index contributed by atoms with van der Waals surface area (Å²) in [5.41, 5.74) is 0.391. The van der Waals surface area contributed by atoms with Crippen LogP contribution in [0.1, 0.15) is 28.8 Å². The highest BCUT2D eigenvalue weighted by atomic mass is 32.2. The fourth-order valence-corrected chi connectivity index (χ4v) is 5.07. The van der Waals surface area contributed by atoms with E-state index < -0.39 is 33.4 Å². The molecule has 1 amide bonds. The molecule has 11 nitrogen and oxygen atoms in total. The molecule has 0 saturated carbocycles. The summed E-state index contributed by atoms with van der Waals surface area (Å²) in [6.07, 6.45) is 1.51. The normalized spacial score (nSPS) is 14.0. The molecule has 1 aliphatic rings. The average molecular weight is 477 g/mol. The van der Waals surface area contributed by atoms with Crippen LogP contribution in [0.4, 0.5) is 11.4 Å². The molecule has 0 spiro atoms. The van der Waals surface area contributed by atoms with E-state index in [1.807, 2.05) is 0 Å². The number of sulfonamides is 1. The number of nitro groups is 1. The van der Waals surface area contributed by atoms with Crippen molar-refractivity contribution >= 4 is 33.3 Å². The number of anilines is 1. The van der Waals surface area contributed by atoms with Crippen molar-refractivity contribution in [3.8, 4) is 5.75 Å². The van der Waals surface area contributed by atoms with E-state index in [2.05, 4.69) is 5.32 Å². The SMILES string of the molecule is COc1ccc(C(=O)OCC(=O)Nc2ccc(C)c([N+](=O)[O-])c2)cc1S(=O)(=O)N1CCCC1. The molecule has 33 heavy (non-hydrogen) atoms. The number of methoxy groups -OCH3 is 1. The molecule has 0 radical (unpaired) electrons. The number of aryl methyl sites for hydroxylation is 1. The molecule has 1 heterocycles. The molecule has 1 saturated heterocycles. The molecule has 0 bridgehead atoms. The molecule has 0 aliphatic carbocycles. The fraction of sp³-hybridized carbons (Fsp3) is 0.333. The van der Waals surface area contributed by atoms with Crippen molar-refractivity contribution in [2.45, 2.75) is 24.7 Å². The van der Waals surface area contributed by atoms with Crippen molar-refractivity contribution in [1.29, 1.82) is 0 Å². The van der Waals surface area contributed by atoms with Crippen molar-refractivity contribution in [2.24, 2.45) is 0 Å². The summed E-state index contributed by atoms with van der Waals surface area (Å²) in [5.74, 6) is -1.52. The molecule has 0 aromatic heterocycles. The van der Waals surface area contributed by atoms with Gasteiger partial charge in [0.15, 0.2) is 6.61 Å². The number of esters is 1. The van der Waals surface area contributed by atoms with Crippen LogP contribution < -0.4 is 10.1 Å². The van der Waals surface area contributed by atoms with Crippen LogP contribution in [0.25, 0.3) is 0 Å². The van der Waals surface area contributed by atoms with Crippen molar-refractivity contribution in [1.82, 2.24) is 4.31 Å². The summed E-state index contributed by atoms with van der Waals surface area (Å²) in [6.45, 7) is 1.67. The number of amides is 1. The third kappa shape index (κ3) is 5.46. The predicted octanol–water partition coefficient (Wildman–Crippen LogP) is 2.49. The fourth-order valence-electron chi connectivity index (χ4n) is 3.37. The Labute approximate surface area is 190 Å². The topological polar surface area (TPSA) is 145 Å². The Morgan fingerprint density at radius 1 is 1.15 bits per heavy atom. The Kier molecular flexibility index (Phi) is 7.29. The highest BCUT2D eigenvalue weighted by Gasteiger charge is 2.31. The van der Waals surface area contributed by atoms with Crippen molar-refractivity contribution in [2.75, 3.05) is 32.1 Å². The first-order valence-corrected chi connectivity index (χ1v) is 11.5. The van der Waals surface area contributed by atoms with Gasteiger partial charge in [-0.15, -0.1) is 0 Å². The highest BCUT2D eigenvalue weighted by molar-refractivity contribution is 7.89. The predicted molar refractivity (Wildman–Crippen MR) is 118 cm³/mol. The summed E-state index contributed by atoms with van der Waals surface area (Å²) in [5, 5.41) is 13.4. The van der Waals surface area contributed by atoms with Crippen molar-refractivity contribution in [3.63, 3.8) is 0 Å². The summed E-state index contributed by atoms with van der Waals surface area (Å²) in [6, 6.07) is 8.03. The maximum Gasteiger partial charge on any atom is 0.338 e. The van der Waals surface area contributed by atoms with E-state index in [0.29, 0.717) is 18.7 Å². The second kappa shape index (κ2) is 9.96. The zero-order valence-corrected chi connectivity index (χ0v) is 18.9. The molecule has 1 N–H and O–H groups in total. The van der Waals surface area contributed by atoms with Crippen LogP contribution in [-0.4, -0.2) is 56.3 Å².